The maximum absolute atomic E-state index is 14.0. The van der Waals surface area contributed by atoms with Gasteiger partial charge in [0.15, 0.2) is 0 Å². The molecule has 0 aromatic heterocycles. The van der Waals surface area contributed by atoms with Gasteiger partial charge in [-0.3, -0.25) is 0 Å². The predicted octanol–water partition coefficient (Wildman–Crippen LogP) is 2.49. The fraction of sp³-hybridized carbons (Fsp3) is 0.571. The number of aliphatic hydroxyl groups excluding tert-OH is 1. The summed E-state index contributed by atoms with van der Waals surface area (Å²) in [5.41, 5.74) is 1.20. The fourth-order valence-electron chi connectivity index (χ4n) is 2.34. The molecule has 1 aromatic rings. The minimum absolute atomic E-state index is 0.276. The lowest BCUT2D eigenvalue weighted by Crippen LogP contribution is -2.37. The number of nitrogens with zero attached hydrogens (tertiary/aromatic N) is 1. The van der Waals surface area contributed by atoms with Gasteiger partial charge in [0.2, 0.25) is 0 Å². The van der Waals surface area contributed by atoms with Crippen LogP contribution in [0.5, 0.6) is 0 Å². The Bertz CT molecular complexity index is 403. The lowest BCUT2D eigenvalue weighted by molar-refractivity contribution is 0.0853. The van der Waals surface area contributed by atoms with Crippen LogP contribution in [0.25, 0.3) is 0 Å². The highest BCUT2D eigenvalue weighted by molar-refractivity contribution is 5.49. The molecule has 1 unspecified atom stereocenters. The van der Waals surface area contributed by atoms with Crippen molar-refractivity contribution in [2.45, 2.75) is 31.9 Å². The smallest absolute Gasteiger partial charge is 0.146 e. The van der Waals surface area contributed by atoms with E-state index in [9.17, 15) is 9.50 Å². The highest BCUT2D eigenvalue weighted by Gasteiger charge is 2.21. The van der Waals surface area contributed by atoms with Crippen LogP contribution >= 0.6 is 0 Å². The third-order valence-electron chi connectivity index (χ3n) is 3.57. The Labute approximate surface area is 107 Å². The third kappa shape index (κ3) is 2.82. The predicted molar refractivity (Wildman–Crippen MR) is 69.3 cm³/mol. The van der Waals surface area contributed by atoms with Gasteiger partial charge in [-0.1, -0.05) is 6.07 Å². The van der Waals surface area contributed by atoms with Crippen LogP contribution in [0.3, 0.4) is 0 Å². The van der Waals surface area contributed by atoms with Crippen molar-refractivity contribution in [2.24, 2.45) is 0 Å². The Kier molecular flexibility index (Phi) is 4.19. The molecule has 1 aliphatic rings. The average molecular weight is 253 g/mol. The largest absolute Gasteiger partial charge is 0.389 e. The molecule has 18 heavy (non-hydrogen) atoms. The van der Waals surface area contributed by atoms with Gasteiger partial charge >= 0.3 is 0 Å². The third-order valence-corrected chi connectivity index (χ3v) is 3.57. The number of anilines is 1. The number of rotatable bonds is 3. The van der Waals surface area contributed by atoms with Gasteiger partial charge in [0.05, 0.1) is 11.8 Å². The highest BCUT2D eigenvalue weighted by Crippen LogP contribution is 2.26. The van der Waals surface area contributed by atoms with E-state index in [-0.39, 0.29) is 5.82 Å². The number of hydrogen-bond acceptors (Lipinski definition) is 3. The number of halogens is 1. The monoisotopic (exact) mass is 253 g/mol. The van der Waals surface area contributed by atoms with Crippen molar-refractivity contribution in [1.82, 2.24) is 0 Å². The van der Waals surface area contributed by atoms with E-state index < -0.39 is 6.10 Å². The zero-order chi connectivity index (χ0) is 13.1. The Hall–Kier alpha value is -1.13. The van der Waals surface area contributed by atoms with E-state index in [4.69, 9.17) is 4.74 Å². The van der Waals surface area contributed by atoms with Crippen LogP contribution in [0.4, 0.5) is 10.1 Å². The van der Waals surface area contributed by atoms with Crippen molar-refractivity contribution in [3.63, 3.8) is 0 Å². The topological polar surface area (TPSA) is 32.7 Å². The van der Waals surface area contributed by atoms with Gasteiger partial charge in [-0.05, 0) is 37.5 Å². The van der Waals surface area contributed by atoms with Crippen molar-refractivity contribution < 1.29 is 14.2 Å². The molecule has 3 nitrogen and oxygen atoms in total. The van der Waals surface area contributed by atoms with E-state index >= 15 is 0 Å². The van der Waals surface area contributed by atoms with Gasteiger partial charge in [-0.25, -0.2) is 4.39 Å². The van der Waals surface area contributed by atoms with Gasteiger partial charge in [-0.2, -0.15) is 0 Å². The Morgan fingerprint density at radius 1 is 1.39 bits per heavy atom. The minimum atomic E-state index is -0.637. The molecule has 1 atom stereocenters. The first-order valence-corrected chi connectivity index (χ1v) is 6.37. The van der Waals surface area contributed by atoms with Crippen molar-refractivity contribution in [3.8, 4) is 0 Å². The quantitative estimate of drug-likeness (QED) is 0.898. The molecule has 1 aromatic carbocycles. The van der Waals surface area contributed by atoms with Gasteiger partial charge in [0.25, 0.3) is 0 Å². The second-order valence-corrected chi connectivity index (χ2v) is 4.84. The second kappa shape index (κ2) is 5.67. The first-order chi connectivity index (χ1) is 8.59. The maximum Gasteiger partial charge on any atom is 0.146 e. The molecule has 0 aliphatic carbocycles. The fourth-order valence-corrected chi connectivity index (χ4v) is 2.34. The van der Waals surface area contributed by atoms with E-state index in [1.54, 1.807) is 19.1 Å². The Morgan fingerprint density at radius 2 is 2.06 bits per heavy atom. The molecular formula is C14H20FNO2. The van der Waals surface area contributed by atoms with Gasteiger partial charge in [0, 0.05) is 26.3 Å². The summed E-state index contributed by atoms with van der Waals surface area (Å²) in [5, 5.41) is 9.43. The van der Waals surface area contributed by atoms with E-state index in [0.717, 1.165) is 26.1 Å². The van der Waals surface area contributed by atoms with Crippen LogP contribution in [-0.4, -0.2) is 31.4 Å². The summed E-state index contributed by atoms with van der Waals surface area (Å²) in [7, 11) is 1.91. The first-order valence-electron chi connectivity index (χ1n) is 6.37. The molecule has 0 amide bonds. The number of benzene rings is 1. The average Bonchev–Trinajstić information content (AvgIpc) is 2.38. The zero-order valence-electron chi connectivity index (χ0n) is 10.9. The Morgan fingerprint density at radius 3 is 2.61 bits per heavy atom. The summed E-state index contributed by atoms with van der Waals surface area (Å²) in [6, 6.07) is 5.26. The molecule has 1 saturated heterocycles. The highest BCUT2D eigenvalue weighted by atomic mass is 19.1. The van der Waals surface area contributed by atoms with Crippen molar-refractivity contribution in [1.29, 1.82) is 0 Å². The summed E-state index contributed by atoms with van der Waals surface area (Å²) >= 11 is 0. The minimum Gasteiger partial charge on any atom is -0.389 e. The molecule has 0 spiro atoms. The lowest BCUT2D eigenvalue weighted by atomic mass is 10.1. The summed E-state index contributed by atoms with van der Waals surface area (Å²) in [6.45, 7) is 3.11. The molecule has 100 valence electrons. The second-order valence-electron chi connectivity index (χ2n) is 4.84. The normalized spacial score (nSPS) is 18.7. The molecule has 1 fully saturated rings. The van der Waals surface area contributed by atoms with E-state index in [2.05, 4.69) is 0 Å². The summed E-state index contributed by atoms with van der Waals surface area (Å²) in [6.07, 6.45) is 1.21. The molecule has 0 bridgehead atoms. The van der Waals surface area contributed by atoms with Crippen molar-refractivity contribution in [3.05, 3.63) is 29.6 Å². The van der Waals surface area contributed by atoms with Gasteiger partial charge < -0.3 is 14.7 Å². The van der Waals surface area contributed by atoms with Gasteiger partial charge in [0.1, 0.15) is 5.82 Å². The van der Waals surface area contributed by atoms with Crippen LogP contribution < -0.4 is 4.90 Å². The molecule has 1 aliphatic heterocycles. The van der Waals surface area contributed by atoms with E-state index in [0.29, 0.717) is 17.3 Å². The van der Waals surface area contributed by atoms with Crippen LogP contribution in [0.1, 0.15) is 31.4 Å². The van der Waals surface area contributed by atoms with E-state index in [1.807, 2.05) is 11.9 Å². The summed E-state index contributed by atoms with van der Waals surface area (Å²) in [4.78, 5) is 1.98. The maximum atomic E-state index is 14.0. The van der Waals surface area contributed by atoms with Crippen LogP contribution in [0, 0.1) is 5.82 Å². The molecule has 1 heterocycles. The molecule has 4 heteroatoms. The van der Waals surface area contributed by atoms with Crippen LogP contribution in [-0.2, 0) is 4.74 Å². The van der Waals surface area contributed by atoms with Crippen molar-refractivity contribution in [2.75, 3.05) is 25.2 Å². The zero-order valence-corrected chi connectivity index (χ0v) is 10.9. The molecule has 0 radical (unpaired) electrons. The summed E-state index contributed by atoms with van der Waals surface area (Å²) < 4.78 is 19.3. The number of ether oxygens (including phenoxy) is 1. The molecule has 1 N–H and O–H groups in total. The molecular weight excluding hydrogens is 233 g/mol. The first kappa shape index (κ1) is 13.3. The standard InChI is InChI=1S/C14H20FNO2/c1-10(17)11-3-4-14(13(15)9-11)16(2)12-5-7-18-8-6-12/h3-4,9-10,12,17H,5-8H2,1-2H3. The van der Waals surface area contributed by atoms with Crippen LogP contribution in [0.2, 0.25) is 0 Å². The number of aliphatic hydroxyl groups is 1. The number of hydrogen-bond donors (Lipinski definition) is 1. The van der Waals surface area contributed by atoms with Gasteiger partial charge in [-0.15, -0.1) is 0 Å². The SMILES string of the molecule is CC(O)c1ccc(N(C)C2CCOCC2)c(F)c1. The van der Waals surface area contributed by atoms with Crippen LogP contribution in [0.15, 0.2) is 18.2 Å². The van der Waals surface area contributed by atoms with E-state index in [1.165, 1.54) is 6.07 Å². The lowest BCUT2D eigenvalue weighted by Gasteiger charge is -2.33. The van der Waals surface area contributed by atoms with Crippen molar-refractivity contribution >= 4 is 5.69 Å². The molecule has 2 rings (SSSR count). The summed E-state index contributed by atoms with van der Waals surface area (Å²) in [5.74, 6) is -0.276. The Balaban J connectivity index is 2.16. The molecule has 0 saturated carbocycles.